The molecule has 2 aliphatic heterocycles. The largest absolute Gasteiger partial charge is 0.481 e. The minimum atomic E-state index is -0.891. The Morgan fingerprint density at radius 1 is 0.792 bits per heavy atom. The number of carboxylic acid groups (broad SMARTS) is 1. The van der Waals surface area contributed by atoms with Crippen molar-refractivity contribution in [2.45, 2.75) is 84.3 Å². The molecule has 3 N–H and O–H groups in total. The maximum atomic E-state index is 13.2. The van der Waals surface area contributed by atoms with Crippen molar-refractivity contribution in [3.8, 4) is 0 Å². The van der Waals surface area contributed by atoms with Crippen LogP contribution in [0.15, 0.2) is 37.4 Å². The molecule has 3 aliphatic rings. The molecule has 1 aliphatic carbocycles. The molecule has 53 heavy (non-hydrogen) atoms. The number of carboxylic acids is 1. The first-order valence-electron chi connectivity index (χ1n) is 18.1. The number of Topliss-reactive ketones (excluding diaryl/α,β-unsaturated/α-hetero) is 3. The lowest BCUT2D eigenvalue weighted by atomic mass is 9.95. The predicted molar refractivity (Wildman–Crippen MR) is 216 cm³/mol. The first-order chi connectivity index (χ1) is 25.3. The number of aliphatic carboxylic acids is 1. The van der Waals surface area contributed by atoms with Gasteiger partial charge < -0.3 is 15.1 Å². The highest BCUT2D eigenvalue weighted by molar-refractivity contribution is 8.00. The van der Waals surface area contributed by atoms with Crippen LogP contribution < -0.4 is 0 Å². The summed E-state index contributed by atoms with van der Waals surface area (Å²) in [4.78, 5) is 67.3. The SMILES string of the molecule is C=Cc1c(C)c2cc3[nH]c(cc4nc(cc5nc(cc1[nH]2)C(C)=C5CCC(=O)O)C(CCC(=O)CCCC1C(=O)CC(SC)C1=O)=C4C)c(C)c3C=C. The van der Waals surface area contributed by atoms with Crippen LogP contribution in [0.5, 0.6) is 0 Å². The van der Waals surface area contributed by atoms with Crippen LogP contribution in [0.3, 0.4) is 0 Å². The summed E-state index contributed by atoms with van der Waals surface area (Å²) in [6, 6.07) is 8.01. The van der Waals surface area contributed by atoms with Crippen molar-refractivity contribution in [2.75, 3.05) is 6.26 Å². The molecule has 1 saturated carbocycles. The Bertz CT molecular complexity index is 2320. The van der Waals surface area contributed by atoms with Gasteiger partial charge in [-0.15, -0.1) is 0 Å². The fourth-order valence-corrected chi connectivity index (χ4v) is 8.47. The number of rotatable bonds is 13. The first kappa shape index (κ1) is 37.7. The molecule has 3 aromatic heterocycles. The topological polar surface area (TPSA) is 146 Å². The molecule has 0 saturated heterocycles. The Labute approximate surface area is 313 Å². The normalized spacial score (nSPS) is 17.2. The zero-order chi connectivity index (χ0) is 38.1. The van der Waals surface area contributed by atoms with Gasteiger partial charge in [0.05, 0.1) is 33.9 Å². The van der Waals surface area contributed by atoms with Crippen LogP contribution in [0, 0.1) is 19.8 Å². The molecule has 6 rings (SSSR count). The van der Waals surface area contributed by atoms with Gasteiger partial charge in [0.25, 0.3) is 0 Å². The van der Waals surface area contributed by atoms with Gasteiger partial charge >= 0.3 is 5.97 Å². The van der Waals surface area contributed by atoms with E-state index in [0.717, 1.165) is 78.0 Å². The van der Waals surface area contributed by atoms with Crippen molar-refractivity contribution in [3.63, 3.8) is 0 Å². The van der Waals surface area contributed by atoms with E-state index in [0.29, 0.717) is 43.5 Å². The van der Waals surface area contributed by atoms with E-state index in [9.17, 15) is 24.3 Å². The lowest BCUT2D eigenvalue weighted by Crippen LogP contribution is -2.18. The van der Waals surface area contributed by atoms with Crippen LogP contribution in [-0.4, -0.2) is 59.9 Å². The number of aromatic amines is 2. The van der Waals surface area contributed by atoms with E-state index in [2.05, 4.69) is 29.2 Å². The van der Waals surface area contributed by atoms with E-state index >= 15 is 0 Å². The molecule has 3 aromatic rings. The highest BCUT2D eigenvalue weighted by Crippen LogP contribution is 2.38. The summed E-state index contributed by atoms with van der Waals surface area (Å²) < 4.78 is 0. The maximum absolute atomic E-state index is 13.2. The second kappa shape index (κ2) is 15.5. The highest BCUT2D eigenvalue weighted by Gasteiger charge is 2.40. The van der Waals surface area contributed by atoms with E-state index in [4.69, 9.17) is 9.97 Å². The van der Waals surface area contributed by atoms with Gasteiger partial charge in [0.15, 0.2) is 5.78 Å². The van der Waals surface area contributed by atoms with Crippen LogP contribution in [0.2, 0.25) is 0 Å². The van der Waals surface area contributed by atoms with Crippen LogP contribution in [-0.2, 0) is 19.2 Å². The predicted octanol–water partition coefficient (Wildman–Crippen LogP) is 9.35. The molecule has 2 atom stereocenters. The molecular formula is C43H46N4O5S. The number of aromatic nitrogens is 4. The van der Waals surface area contributed by atoms with E-state index in [-0.39, 0.29) is 41.9 Å². The van der Waals surface area contributed by atoms with E-state index < -0.39 is 11.9 Å². The zero-order valence-electron chi connectivity index (χ0n) is 31.1. The molecule has 0 aromatic carbocycles. The molecule has 8 bridgehead atoms. The van der Waals surface area contributed by atoms with E-state index in [1.165, 1.54) is 11.8 Å². The molecule has 1 fully saturated rings. The number of thioether (sulfide) groups is 1. The third kappa shape index (κ3) is 7.42. The fraction of sp³-hybridized carbons (Fsp3) is 0.349. The quantitative estimate of drug-likeness (QED) is 0.148. The summed E-state index contributed by atoms with van der Waals surface area (Å²) in [7, 11) is 0. The number of carbonyl (C=O) groups excluding carboxylic acids is 3. The monoisotopic (exact) mass is 730 g/mol. The number of nitrogens with one attached hydrogen (secondary N) is 2. The molecule has 0 spiro atoms. The third-order valence-corrected chi connectivity index (χ3v) is 11.9. The summed E-state index contributed by atoms with van der Waals surface area (Å²) in [6.07, 6.45) is 8.00. The number of ketones is 3. The van der Waals surface area contributed by atoms with Gasteiger partial charge in [-0.3, -0.25) is 19.2 Å². The Morgan fingerprint density at radius 2 is 1.32 bits per heavy atom. The molecule has 9 nitrogen and oxygen atoms in total. The average Bonchev–Trinajstić information content (AvgIpc) is 3.85. The minimum absolute atomic E-state index is 0.00444. The number of hydrogen-bond acceptors (Lipinski definition) is 7. The van der Waals surface area contributed by atoms with Crippen LogP contribution in [0.4, 0.5) is 0 Å². The first-order valence-corrected chi connectivity index (χ1v) is 19.4. The number of hydrogen-bond donors (Lipinski definition) is 3. The molecular weight excluding hydrogens is 685 g/mol. The number of allylic oxidation sites excluding steroid dienone is 4. The standard InChI is InChI=1S/C43H46N4O5S/c1-8-27-22(3)32-17-33-24(5)29(14-13-26(48)11-10-12-31-40(49)21-41(53-7)43(31)52)38(46-33)20-39-30(15-16-42(50)51)25(6)35(47-39)19-37-28(9-2)23(4)34(45-37)18-36(27)44-32/h8-9,17-20,31,41,44-45H,1-2,10-16,21H2,3-7H3,(H,50,51). The molecule has 2 unspecified atom stereocenters. The Kier molecular flexibility index (Phi) is 11.0. The summed E-state index contributed by atoms with van der Waals surface area (Å²) in [5.74, 6) is -1.43. The number of H-pyrrole nitrogens is 2. The molecule has 5 heterocycles. The summed E-state index contributed by atoms with van der Waals surface area (Å²) >= 11 is 1.42. The van der Waals surface area contributed by atoms with E-state index in [1.807, 2.05) is 64.3 Å². The average molecular weight is 731 g/mol. The van der Waals surface area contributed by atoms with Crippen molar-refractivity contribution in [1.29, 1.82) is 0 Å². The maximum Gasteiger partial charge on any atom is 0.303 e. The number of carbonyl (C=O) groups is 4. The molecule has 0 amide bonds. The number of fused-ring (bicyclic) bond motifs is 8. The summed E-state index contributed by atoms with van der Waals surface area (Å²) in [5, 5.41) is 9.35. The lowest BCUT2D eigenvalue weighted by Gasteiger charge is -2.08. The Morgan fingerprint density at radius 3 is 1.85 bits per heavy atom. The van der Waals surface area contributed by atoms with Gasteiger partial charge in [-0.2, -0.15) is 11.8 Å². The van der Waals surface area contributed by atoms with Gasteiger partial charge in [-0.25, -0.2) is 9.97 Å². The summed E-state index contributed by atoms with van der Waals surface area (Å²) in [6.45, 7) is 16.2. The van der Waals surface area contributed by atoms with Gasteiger partial charge in [0.2, 0.25) is 0 Å². The van der Waals surface area contributed by atoms with Crippen LogP contribution in [0.25, 0.3) is 56.5 Å². The third-order valence-electron chi connectivity index (χ3n) is 11.0. The number of aryl methyl sites for hydroxylation is 2. The van der Waals surface area contributed by atoms with Gasteiger partial charge in [0, 0.05) is 58.9 Å². The zero-order valence-corrected chi connectivity index (χ0v) is 31.9. The van der Waals surface area contributed by atoms with Crippen LogP contribution >= 0.6 is 11.8 Å². The molecule has 10 heteroatoms. The fourth-order valence-electron chi connectivity index (χ4n) is 7.74. The smallest absolute Gasteiger partial charge is 0.303 e. The van der Waals surface area contributed by atoms with Crippen molar-refractivity contribution < 1.29 is 24.3 Å². The molecule has 0 radical (unpaired) electrons. The van der Waals surface area contributed by atoms with Gasteiger partial charge in [-0.05, 0) is 117 Å². The van der Waals surface area contributed by atoms with Crippen molar-refractivity contribution in [1.82, 2.24) is 19.9 Å². The second-order valence-corrected chi connectivity index (χ2v) is 15.2. The van der Waals surface area contributed by atoms with Crippen LogP contribution in [0.1, 0.15) is 110 Å². The van der Waals surface area contributed by atoms with Gasteiger partial charge in [-0.1, -0.05) is 25.3 Å². The van der Waals surface area contributed by atoms with E-state index in [1.54, 1.807) is 0 Å². The minimum Gasteiger partial charge on any atom is -0.481 e. The van der Waals surface area contributed by atoms with Crippen molar-refractivity contribution >= 4 is 91.6 Å². The summed E-state index contributed by atoms with van der Waals surface area (Å²) in [5.41, 5.74) is 13.9. The Balaban J connectivity index is 1.44. The lowest BCUT2D eigenvalue weighted by molar-refractivity contribution is -0.137. The number of nitrogens with zero attached hydrogens (tertiary/aromatic N) is 2. The highest BCUT2D eigenvalue weighted by atomic mass is 32.2. The Hall–Kier alpha value is -5.09. The van der Waals surface area contributed by atoms with Gasteiger partial charge in [0.1, 0.15) is 11.6 Å². The second-order valence-electron chi connectivity index (χ2n) is 14.1. The van der Waals surface area contributed by atoms with Crippen molar-refractivity contribution in [3.05, 3.63) is 82.5 Å². The molecule has 274 valence electrons. The van der Waals surface area contributed by atoms with Crippen molar-refractivity contribution in [2.24, 2.45) is 5.92 Å².